The van der Waals surface area contributed by atoms with E-state index in [1.54, 1.807) is 0 Å². The summed E-state index contributed by atoms with van der Waals surface area (Å²) in [5.74, 6) is 0. The maximum atomic E-state index is 10.7. The third-order valence-electron chi connectivity index (χ3n) is 2.81. The predicted octanol–water partition coefficient (Wildman–Crippen LogP) is 3.42. The Balaban J connectivity index is 2.57. The maximum absolute atomic E-state index is 10.7. The Bertz CT molecular complexity index is 538. The minimum atomic E-state index is 0.632. The first-order valence-corrected chi connectivity index (χ1v) is 5.34. The van der Waals surface area contributed by atoms with Gasteiger partial charge in [0.1, 0.15) is 0 Å². The van der Waals surface area contributed by atoms with E-state index in [2.05, 4.69) is 37.0 Å². The average molecular weight is 213 g/mol. The van der Waals surface area contributed by atoms with Crippen LogP contribution in [0.25, 0.3) is 11.3 Å². The molecule has 0 fully saturated rings. The van der Waals surface area contributed by atoms with Crippen molar-refractivity contribution in [3.8, 4) is 11.3 Å². The molecule has 0 unspecified atom stereocenters. The Morgan fingerprint density at radius 3 is 2.38 bits per heavy atom. The highest BCUT2D eigenvalue weighted by Crippen LogP contribution is 2.26. The molecule has 0 bridgehead atoms. The molecule has 2 rings (SSSR count). The van der Waals surface area contributed by atoms with Gasteiger partial charge in [0, 0.05) is 11.3 Å². The summed E-state index contributed by atoms with van der Waals surface area (Å²) in [5, 5.41) is 0. The first kappa shape index (κ1) is 10.7. The lowest BCUT2D eigenvalue weighted by atomic mass is 10.0. The van der Waals surface area contributed by atoms with Gasteiger partial charge in [0.15, 0.2) is 6.29 Å². The van der Waals surface area contributed by atoms with Crippen molar-refractivity contribution in [1.29, 1.82) is 0 Å². The van der Waals surface area contributed by atoms with Crippen molar-refractivity contribution >= 4 is 6.29 Å². The lowest BCUT2D eigenvalue weighted by Crippen LogP contribution is -1.87. The number of nitrogens with one attached hydrogen (secondary N) is 1. The lowest BCUT2D eigenvalue weighted by Gasteiger charge is -2.06. The van der Waals surface area contributed by atoms with Crippen LogP contribution in [-0.2, 0) is 0 Å². The highest BCUT2D eigenvalue weighted by Gasteiger charge is 2.08. The second-order valence-electron chi connectivity index (χ2n) is 4.22. The SMILES string of the molecule is Cc1ccc(-c2[nH]c(C=O)cc2C)c(C)c1. The Labute approximate surface area is 95.3 Å². The van der Waals surface area contributed by atoms with Crippen molar-refractivity contribution in [2.75, 3.05) is 0 Å². The number of hydrogen-bond donors (Lipinski definition) is 1. The number of rotatable bonds is 2. The summed E-state index contributed by atoms with van der Waals surface area (Å²) in [6.07, 6.45) is 0.847. The van der Waals surface area contributed by atoms with E-state index in [1.165, 1.54) is 11.1 Å². The van der Waals surface area contributed by atoms with E-state index in [1.807, 2.05) is 13.0 Å². The normalized spacial score (nSPS) is 10.4. The van der Waals surface area contributed by atoms with E-state index >= 15 is 0 Å². The zero-order valence-corrected chi connectivity index (χ0v) is 9.79. The molecule has 82 valence electrons. The molecule has 0 aliphatic heterocycles. The van der Waals surface area contributed by atoms with Crippen molar-refractivity contribution in [2.24, 2.45) is 0 Å². The summed E-state index contributed by atoms with van der Waals surface area (Å²) >= 11 is 0. The van der Waals surface area contributed by atoms with Crippen molar-refractivity contribution in [3.05, 3.63) is 46.6 Å². The van der Waals surface area contributed by atoms with Crippen LogP contribution in [-0.4, -0.2) is 11.3 Å². The van der Waals surface area contributed by atoms with Gasteiger partial charge in [-0.25, -0.2) is 0 Å². The third-order valence-corrected chi connectivity index (χ3v) is 2.81. The highest BCUT2D eigenvalue weighted by atomic mass is 16.1. The number of aryl methyl sites for hydroxylation is 3. The van der Waals surface area contributed by atoms with Crippen LogP contribution in [0.3, 0.4) is 0 Å². The van der Waals surface area contributed by atoms with Crippen LogP contribution < -0.4 is 0 Å². The standard InChI is InChI=1S/C14H15NO/c1-9-4-5-13(10(2)6-9)14-11(3)7-12(8-16)15-14/h4-8,15H,1-3H3. The maximum Gasteiger partial charge on any atom is 0.166 e. The van der Waals surface area contributed by atoms with Gasteiger partial charge in [-0.1, -0.05) is 23.8 Å². The quantitative estimate of drug-likeness (QED) is 0.762. The van der Waals surface area contributed by atoms with Gasteiger partial charge in [-0.15, -0.1) is 0 Å². The van der Waals surface area contributed by atoms with Crippen LogP contribution in [0.15, 0.2) is 24.3 Å². The Morgan fingerprint density at radius 1 is 1.06 bits per heavy atom. The zero-order chi connectivity index (χ0) is 11.7. The average Bonchev–Trinajstić information content (AvgIpc) is 2.60. The molecular weight excluding hydrogens is 198 g/mol. The topological polar surface area (TPSA) is 32.9 Å². The number of H-pyrrole nitrogens is 1. The molecular formula is C14H15NO. The number of aldehydes is 1. The highest BCUT2D eigenvalue weighted by molar-refractivity contribution is 5.78. The molecule has 0 atom stereocenters. The molecule has 16 heavy (non-hydrogen) atoms. The van der Waals surface area contributed by atoms with Crippen LogP contribution in [0.1, 0.15) is 27.2 Å². The summed E-state index contributed by atoms with van der Waals surface area (Å²) in [4.78, 5) is 13.9. The smallest absolute Gasteiger partial charge is 0.166 e. The fourth-order valence-electron chi connectivity index (χ4n) is 2.02. The molecule has 1 aromatic carbocycles. The molecule has 1 aromatic heterocycles. The molecule has 1 heterocycles. The minimum Gasteiger partial charge on any atom is -0.352 e. The Kier molecular flexibility index (Phi) is 2.65. The molecule has 0 radical (unpaired) electrons. The summed E-state index contributed by atoms with van der Waals surface area (Å²) in [6.45, 7) is 6.18. The molecule has 0 saturated heterocycles. The van der Waals surface area contributed by atoms with Crippen LogP contribution in [0.4, 0.5) is 0 Å². The largest absolute Gasteiger partial charge is 0.352 e. The molecule has 0 aliphatic rings. The number of aromatic amines is 1. The second-order valence-corrected chi connectivity index (χ2v) is 4.22. The summed E-state index contributed by atoms with van der Waals surface area (Å²) < 4.78 is 0. The molecule has 2 heteroatoms. The van der Waals surface area contributed by atoms with Gasteiger partial charge >= 0.3 is 0 Å². The second kappa shape index (κ2) is 3.97. The molecule has 0 saturated carbocycles. The fraction of sp³-hybridized carbons (Fsp3) is 0.214. The molecule has 0 aliphatic carbocycles. The van der Waals surface area contributed by atoms with Gasteiger partial charge in [-0.05, 0) is 38.0 Å². The first-order valence-electron chi connectivity index (χ1n) is 5.34. The lowest BCUT2D eigenvalue weighted by molar-refractivity contribution is 0.111. The molecule has 0 amide bonds. The van der Waals surface area contributed by atoms with Crippen molar-refractivity contribution in [1.82, 2.24) is 4.98 Å². The van der Waals surface area contributed by atoms with Gasteiger partial charge in [0.05, 0.1) is 5.69 Å². The monoisotopic (exact) mass is 213 g/mol. The van der Waals surface area contributed by atoms with E-state index in [0.29, 0.717) is 5.69 Å². The predicted molar refractivity (Wildman–Crippen MR) is 65.8 cm³/mol. The van der Waals surface area contributed by atoms with Crippen molar-refractivity contribution < 1.29 is 4.79 Å². The van der Waals surface area contributed by atoms with Gasteiger partial charge < -0.3 is 4.98 Å². The summed E-state index contributed by atoms with van der Waals surface area (Å²) in [5.41, 5.74) is 6.42. The van der Waals surface area contributed by atoms with Crippen LogP contribution in [0, 0.1) is 20.8 Å². The first-order chi connectivity index (χ1) is 7.61. The number of benzene rings is 1. The van der Waals surface area contributed by atoms with E-state index in [-0.39, 0.29) is 0 Å². The number of carbonyl (C=O) groups is 1. The number of carbonyl (C=O) groups excluding carboxylic acids is 1. The Hall–Kier alpha value is -1.83. The van der Waals surface area contributed by atoms with Gasteiger partial charge in [0.25, 0.3) is 0 Å². The molecule has 1 N–H and O–H groups in total. The van der Waals surface area contributed by atoms with Crippen molar-refractivity contribution in [2.45, 2.75) is 20.8 Å². The van der Waals surface area contributed by atoms with Crippen molar-refractivity contribution in [3.63, 3.8) is 0 Å². The summed E-state index contributed by atoms with van der Waals surface area (Å²) in [6, 6.07) is 8.21. The Morgan fingerprint density at radius 2 is 1.81 bits per heavy atom. The van der Waals surface area contributed by atoms with Gasteiger partial charge in [0.2, 0.25) is 0 Å². The number of hydrogen-bond acceptors (Lipinski definition) is 1. The van der Waals surface area contributed by atoms with Crippen LogP contribution in [0.5, 0.6) is 0 Å². The number of aromatic nitrogens is 1. The van der Waals surface area contributed by atoms with Crippen LogP contribution in [0.2, 0.25) is 0 Å². The van der Waals surface area contributed by atoms with Gasteiger partial charge in [-0.3, -0.25) is 4.79 Å². The zero-order valence-electron chi connectivity index (χ0n) is 9.79. The molecule has 2 nitrogen and oxygen atoms in total. The fourth-order valence-corrected chi connectivity index (χ4v) is 2.02. The van der Waals surface area contributed by atoms with E-state index < -0.39 is 0 Å². The van der Waals surface area contributed by atoms with E-state index in [9.17, 15) is 4.79 Å². The van der Waals surface area contributed by atoms with Gasteiger partial charge in [-0.2, -0.15) is 0 Å². The molecule has 0 spiro atoms. The molecule has 2 aromatic rings. The van der Waals surface area contributed by atoms with E-state index in [4.69, 9.17) is 0 Å². The minimum absolute atomic E-state index is 0.632. The van der Waals surface area contributed by atoms with E-state index in [0.717, 1.165) is 23.1 Å². The summed E-state index contributed by atoms with van der Waals surface area (Å²) in [7, 11) is 0. The third kappa shape index (κ3) is 1.78. The van der Waals surface area contributed by atoms with Crippen LogP contribution >= 0.6 is 0 Å².